The van der Waals surface area contributed by atoms with E-state index in [1.165, 1.54) is 6.07 Å². The van der Waals surface area contributed by atoms with Crippen molar-refractivity contribution in [3.8, 4) is 0 Å². The molecule has 0 aliphatic heterocycles. The van der Waals surface area contributed by atoms with Crippen LogP contribution in [0.15, 0.2) is 24.4 Å². The highest BCUT2D eigenvalue weighted by Gasteiger charge is 2.65. The van der Waals surface area contributed by atoms with Gasteiger partial charge in [-0.15, -0.1) is 0 Å². The van der Waals surface area contributed by atoms with E-state index in [1.807, 2.05) is 0 Å². The highest BCUT2D eigenvalue weighted by molar-refractivity contribution is 5.17. The number of hydrogen-bond acceptors (Lipinski definition) is 1. The Balaban J connectivity index is 3.26. The van der Waals surface area contributed by atoms with Gasteiger partial charge in [0.2, 0.25) is 0 Å². The summed E-state index contributed by atoms with van der Waals surface area (Å²) >= 11 is 0. The van der Waals surface area contributed by atoms with Gasteiger partial charge in [0.1, 0.15) is 0 Å². The zero-order valence-electron chi connectivity index (χ0n) is 7.10. The Bertz CT molecular complexity index is 322. The number of hydrogen-bond donors (Lipinski definition) is 0. The molecule has 1 aromatic heterocycles. The van der Waals surface area contributed by atoms with Gasteiger partial charge < -0.3 is 0 Å². The molecule has 0 aliphatic carbocycles. The number of alkyl halides is 6. The largest absolute Gasteiger partial charge is 0.434 e. The van der Waals surface area contributed by atoms with Gasteiger partial charge in [-0.2, -0.15) is 13.2 Å². The first-order valence-corrected chi connectivity index (χ1v) is 3.75. The van der Waals surface area contributed by atoms with Crippen molar-refractivity contribution in [1.82, 2.24) is 4.98 Å². The second-order valence-electron chi connectivity index (χ2n) is 2.73. The first-order chi connectivity index (χ1) is 6.80. The molecule has 0 radical (unpaired) electrons. The van der Waals surface area contributed by atoms with Crippen LogP contribution in [-0.2, 0) is 5.67 Å². The van der Waals surface area contributed by atoms with E-state index in [1.54, 1.807) is 0 Å². The summed E-state index contributed by atoms with van der Waals surface area (Å²) in [4.78, 5) is 2.96. The van der Waals surface area contributed by atoms with Gasteiger partial charge in [0.25, 0.3) is 6.43 Å². The van der Waals surface area contributed by atoms with Gasteiger partial charge in [-0.25, -0.2) is 13.2 Å². The lowest BCUT2D eigenvalue weighted by atomic mass is 10.0. The summed E-state index contributed by atoms with van der Waals surface area (Å²) in [5.41, 5.74) is -6.05. The Hall–Kier alpha value is -1.27. The zero-order valence-corrected chi connectivity index (χ0v) is 7.10. The minimum atomic E-state index is -5.70. The Labute approximate surface area is 80.7 Å². The summed E-state index contributed by atoms with van der Waals surface area (Å²) in [7, 11) is 0. The monoisotopic (exact) mass is 229 g/mol. The number of pyridine rings is 1. The molecule has 84 valence electrons. The third-order valence-corrected chi connectivity index (χ3v) is 1.75. The molecule has 0 saturated carbocycles. The van der Waals surface area contributed by atoms with Gasteiger partial charge in [-0.05, 0) is 12.1 Å². The Kier molecular flexibility index (Phi) is 2.92. The summed E-state index contributed by atoms with van der Waals surface area (Å²) in [6.45, 7) is 0. The highest BCUT2D eigenvalue weighted by atomic mass is 19.4. The van der Waals surface area contributed by atoms with E-state index < -0.39 is 24.0 Å². The average molecular weight is 229 g/mol. The van der Waals surface area contributed by atoms with Crippen molar-refractivity contribution in [3.63, 3.8) is 0 Å². The Morgan fingerprint density at radius 1 is 1.07 bits per heavy atom. The van der Waals surface area contributed by atoms with Crippen molar-refractivity contribution in [1.29, 1.82) is 0 Å². The molecule has 1 unspecified atom stereocenters. The fourth-order valence-electron chi connectivity index (χ4n) is 0.959. The van der Waals surface area contributed by atoms with Crippen LogP contribution in [0.1, 0.15) is 5.69 Å². The van der Waals surface area contributed by atoms with Crippen molar-refractivity contribution >= 4 is 0 Å². The second kappa shape index (κ2) is 3.71. The third kappa shape index (κ3) is 1.91. The molecule has 0 N–H and O–H groups in total. The van der Waals surface area contributed by atoms with Crippen molar-refractivity contribution in [2.24, 2.45) is 0 Å². The molecular weight excluding hydrogens is 224 g/mol. The fourth-order valence-corrected chi connectivity index (χ4v) is 0.959. The molecule has 0 amide bonds. The van der Waals surface area contributed by atoms with E-state index in [0.717, 1.165) is 12.3 Å². The molecule has 1 heterocycles. The SMILES string of the molecule is FC(F)C(F)(c1ccccn1)C(F)(F)F. The van der Waals surface area contributed by atoms with E-state index in [4.69, 9.17) is 0 Å². The fraction of sp³-hybridized carbons (Fsp3) is 0.375. The minimum absolute atomic E-state index is 0.569. The lowest BCUT2D eigenvalue weighted by Gasteiger charge is -2.26. The van der Waals surface area contributed by atoms with E-state index in [2.05, 4.69) is 4.98 Å². The van der Waals surface area contributed by atoms with Gasteiger partial charge in [-0.1, -0.05) is 6.07 Å². The van der Waals surface area contributed by atoms with Crippen LogP contribution < -0.4 is 0 Å². The van der Waals surface area contributed by atoms with Gasteiger partial charge in [-0.3, -0.25) is 4.98 Å². The van der Waals surface area contributed by atoms with Gasteiger partial charge in [0.05, 0.1) is 5.69 Å². The van der Waals surface area contributed by atoms with Crippen LogP contribution in [0.2, 0.25) is 0 Å². The van der Waals surface area contributed by atoms with Gasteiger partial charge >= 0.3 is 11.8 Å². The predicted octanol–water partition coefficient (Wildman–Crippen LogP) is 3.07. The van der Waals surface area contributed by atoms with Crippen LogP contribution in [0.3, 0.4) is 0 Å². The summed E-state index contributed by atoms with van der Waals surface area (Å²) in [6, 6.07) is 2.77. The minimum Gasteiger partial charge on any atom is -0.257 e. The lowest BCUT2D eigenvalue weighted by Crippen LogP contribution is -2.45. The molecule has 1 nitrogen and oxygen atoms in total. The molecule has 1 rings (SSSR count). The quantitative estimate of drug-likeness (QED) is 0.710. The Morgan fingerprint density at radius 3 is 2.00 bits per heavy atom. The maximum atomic E-state index is 13.2. The molecule has 0 spiro atoms. The third-order valence-electron chi connectivity index (χ3n) is 1.75. The smallest absolute Gasteiger partial charge is 0.257 e. The van der Waals surface area contributed by atoms with Crippen molar-refractivity contribution in [3.05, 3.63) is 30.1 Å². The molecule has 15 heavy (non-hydrogen) atoms. The molecule has 0 bridgehead atoms. The van der Waals surface area contributed by atoms with E-state index in [-0.39, 0.29) is 0 Å². The molecule has 1 atom stereocenters. The summed E-state index contributed by atoms with van der Waals surface area (Å²) in [5, 5.41) is 0. The standard InChI is InChI=1S/C8H5F6N/c9-6(10)7(11,8(12,13)14)5-3-1-2-4-15-5/h1-4,6H. The summed E-state index contributed by atoms with van der Waals surface area (Å²) in [5.74, 6) is 0. The van der Waals surface area contributed by atoms with Crippen molar-refractivity contribution in [2.45, 2.75) is 18.3 Å². The molecule has 1 aromatic rings. The summed E-state index contributed by atoms with van der Waals surface area (Å²) in [6.07, 6.45) is -9.10. The topological polar surface area (TPSA) is 12.9 Å². The first-order valence-electron chi connectivity index (χ1n) is 3.75. The molecule has 0 fully saturated rings. The lowest BCUT2D eigenvalue weighted by molar-refractivity contribution is -0.275. The highest BCUT2D eigenvalue weighted by Crippen LogP contribution is 2.45. The number of aromatic nitrogens is 1. The molecular formula is C8H5F6N. The molecule has 0 saturated heterocycles. The van der Waals surface area contributed by atoms with E-state index in [9.17, 15) is 26.3 Å². The van der Waals surface area contributed by atoms with Gasteiger partial charge in [0, 0.05) is 6.20 Å². The molecule has 0 aromatic carbocycles. The number of rotatable bonds is 2. The van der Waals surface area contributed by atoms with Crippen LogP contribution in [0, 0.1) is 0 Å². The number of nitrogens with zero attached hydrogens (tertiary/aromatic N) is 1. The van der Waals surface area contributed by atoms with Crippen LogP contribution in [0.25, 0.3) is 0 Å². The van der Waals surface area contributed by atoms with Crippen LogP contribution >= 0.6 is 0 Å². The normalized spacial score (nSPS) is 16.5. The maximum Gasteiger partial charge on any atom is 0.434 e. The molecule has 0 aliphatic rings. The summed E-state index contributed by atoms with van der Waals surface area (Å²) < 4.78 is 73.9. The zero-order chi connectivity index (χ0) is 11.7. The second-order valence-corrected chi connectivity index (χ2v) is 2.73. The van der Waals surface area contributed by atoms with Crippen molar-refractivity contribution in [2.75, 3.05) is 0 Å². The average Bonchev–Trinajstić information content (AvgIpc) is 2.16. The maximum absolute atomic E-state index is 13.2. The van der Waals surface area contributed by atoms with E-state index >= 15 is 0 Å². The molecule has 7 heteroatoms. The predicted molar refractivity (Wildman–Crippen MR) is 39.1 cm³/mol. The Morgan fingerprint density at radius 2 is 1.67 bits per heavy atom. The van der Waals surface area contributed by atoms with Crippen molar-refractivity contribution < 1.29 is 26.3 Å². The number of halogens is 6. The van der Waals surface area contributed by atoms with Crippen LogP contribution in [0.4, 0.5) is 26.3 Å². The van der Waals surface area contributed by atoms with E-state index in [0.29, 0.717) is 6.07 Å². The first kappa shape index (κ1) is 11.8. The van der Waals surface area contributed by atoms with Crippen LogP contribution in [-0.4, -0.2) is 17.6 Å². The van der Waals surface area contributed by atoms with Gasteiger partial charge in [0.15, 0.2) is 0 Å². The van der Waals surface area contributed by atoms with Crippen LogP contribution in [0.5, 0.6) is 0 Å².